The van der Waals surface area contributed by atoms with Crippen LogP contribution in [-0.2, 0) is 10.0 Å². The van der Waals surface area contributed by atoms with Crippen molar-refractivity contribution in [3.8, 4) is 0 Å². The summed E-state index contributed by atoms with van der Waals surface area (Å²) in [4.78, 5) is 0.263. The van der Waals surface area contributed by atoms with Gasteiger partial charge in [-0.05, 0) is 32.3 Å². The molecular formula is C8H13BrN2O2S. The van der Waals surface area contributed by atoms with Crippen LogP contribution in [0, 0.1) is 0 Å². The molecule has 0 aliphatic rings. The second-order valence-electron chi connectivity index (χ2n) is 2.16. The number of benzene rings is 1. The monoisotopic (exact) mass is 280 g/mol. The Kier molecular flexibility index (Phi) is 5.94. The number of nitrogens with one attached hydrogen (secondary N) is 1. The second kappa shape index (κ2) is 6.13. The molecule has 6 heteroatoms. The highest BCUT2D eigenvalue weighted by Gasteiger charge is 2.09. The van der Waals surface area contributed by atoms with Crippen molar-refractivity contribution < 1.29 is 8.42 Å². The summed E-state index contributed by atoms with van der Waals surface area (Å²) in [6.07, 6.45) is 0. The van der Waals surface area contributed by atoms with Crippen LogP contribution in [-0.4, -0.2) is 22.5 Å². The molecule has 0 saturated carbocycles. The van der Waals surface area contributed by atoms with E-state index in [0.717, 1.165) is 4.47 Å². The molecule has 3 N–H and O–H groups in total. The van der Waals surface area contributed by atoms with Crippen LogP contribution >= 0.6 is 15.9 Å². The van der Waals surface area contributed by atoms with Crippen molar-refractivity contribution >= 4 is 26.0 Å². The molecule has 0 heterocycles. The fraction of sp³-hybridized carbons (Fsp3) is 0.250. The Morgan fingerprint density at radius 1 is 1.36 bits per heavy atom. The lowest BCUT2D eigenvalue weighted by Crippen LogP contribution is -2.18. The van der Waals surface area contributed by atoms with Crippen LogP contribution in [0.4, 0.5) is 0 Å². The van der Waals surface area contributed by atoms with Gasteiger partial charge in [0.05, 0.1) is 4.90 Å². The van der Waals surface area contributed by atoms with Crippen molar-refractivity contribution in [2.75, 3.05) is 14.1 Å². The highest BCUT2D eigenvalue weighted by Crippen LogP contribution is 2.15. The Balaban J connectivity index is 0.000000791. The number of halogens is 1. The van der Waals surface area contributed by atoms with Gasteiger partial charge >= 0.3 is 0 Å². The largest absolute Gasteiger partial charge is 0.333 e. The predicted molar refractivity (Wildman–Crippen MR) is 60.5 cm³/mol. The lowest BCUT2D eigenvalue weighted by atomic mass is 10.4. The van der Waals surface area contributed by atoms with E-state index in [1.54, 1.807) is 18.2 Å². The van der Waals surface area contributed by atoms with Gasteiger partial charge in [0.25, 0.3) is 0 Å². The fourth-order valence-corrected chi connectivity index (χ4v) is 2.08. The zero-order valence-corrected chi connectivity index (χ0v) is 10.4. The summed E-state index contributed by atoms with van der Waals surface area (Å²) < 4.78 is 25.4. The summed E-state index contributed by atoms with van der Waals surface area (Å²) in [7, 11) is -0.416. The molecule has 0 aromatic heterocycles. The molecule has 14 heavy (non-hydrogen) atoms. The van der Waals surface area contributed by atoms with Gasteiger partial charge in [0.1, 0.15) is 0 Å². The first-order chi connectivity index (χ1) is 6.56. The van der Waals surface area contributed by atoms with Crippen molar-refractivity contribution in [3.63, 3.8) is 0 Å². The van der Waals surface area contributed by atoms with Crippen LogP contribution in [0.2, 0.25) is 0 Å². The van der Waals surface area contributed by atoms with E-state index in [0.29, 0.717) is 0 Å². The van der Waals surface area contributed by atoms with Crippen molar-refractivity contribution in [2.24, 2.45) is 5.73 Å². The maximum Gasteiger partial charge on any atom is 0.240 e. The van der Waals surface area contributed by atoms with Crippen LogP contribution < -0.4 is 10.5 Å². The topological polar surface area (TPSA) is 72.2 Å². The molecule has 0 bridgehead atoms. The third kappa shape index (κ3) is 3.75. The molecule has 1 aromatic rings. The number of nitrogens with two attached hydrogens (primary N) is 1. The van der Waals surface area contributed by atoms with Gasteiger partial charge in [-0.25, -0.2) is 13.1 Å². The summed E-state index contributed by atoms with van der Waals surface area (Å²) in [5.41, 5.74) is 4.50. The van der Waals surface area contributed by atoms with Crippen LogP contribution in [0.5, 0.6) is 0 Å². The van der Waals surface area contributed by atoms with Gasteiger partial charge < -0.3 is 5.73 Å². The molecular weight excluding hydrogens is 268 g/mol. The molecule has 0 radical (unpaired) electrons. The highest BCUT2D eigenvalue weighted by molar-refractivity contribution is 9.10. The number of sulfonamides is 1. The van der Waals surface area contributed by atoms with E-state index in [1.165, 1.54) is 20.2 Å². The molecule has 0 spiro atoms. The molecule has 4 nitrogen and oxygen atoms in total. The number of hydrogen-bond acceptors (Lipinski definition) is 3. The Bertz CT molecular complexity index is 379. The quantitative estimate of drug-likeness (QED) is 0.847. The van der Waals surface area contributed by atoms with Gasteiger partial charge in [-0.15, -0.1) is 0 Å². The van der Waals surface area contributed by atoms with E-state index in [4.69, 9.17) is 0 Å². The Hall–Kier alpha value is -0.430. The van der Waals surface area contributed by atoms with Gasteiger partial charge in [-0.1, -0.05) is 22.0 Å². The molecule has 0 saturated heterocycles. The van der Waals surface area contributed by atoms with Gasteiger partial charge in [-0.2, -0.15) is 0 Å². The molecule has 0 unspecified atom stereocenters. The Morgan fingerprint density at radius 3 is 2.36 bits per heavy atom. The first-order valence-corrected chi connectivity index (χ1v) is 6.11. The minimum atomic E-state index is -3.30. The maximum absolute atomic E-state index is 11.2. The minimum absolute atomic E-state index is 0.263. The molecule has 0 amide bonds. The Morgan fingerprint density at radius 2 is 1.93 bits per heavy atom. The van der Waals surface area contributed by atoms with Gasteiger partial charge in [0.15, 0.2) is 0 Å². The first kappa shape index (κ1) is 13.6. The fourth-order valence-electron chi connectivity index (χ4n) is 0.752. The smallest absolute Gasteiger partial charge is 0.240 e. The van der Waals surface area contributed by atoms with E-state index < -0.39 is 10.0 Å². The maximum atomic E-state index is 11.2. The molecule has 1 rings (SSSR count). The van der Waals surface area contributed by atoms with E-state index in [1.807, 2.05) is 0 Å². The zero-order valence-electron chi connectivity index (χ0n) is 7.99. The SMILES string of the molecule is CN.CNS(=O)(=O)c1cccc(Br)c1. The molecule has 0 aliphatic heterocycles. The normalized spacial score (nSPS) is 10.3. The van der Waals surface area contributed by atoms with Gasteiger partial charge in [0, 0.05) is 4.47 Å². The third-order valence-electron chi connectivity index (χ3n) is 1.38. The van der Waals surface area contributed by atoms with Crippen molar-refractivity contribution in [2.45, 2.75) is 4.90 Å². The van der Waals surface area contributed by atoms with Crippen molar-refractivity contribution in [1.82, 2.24) is 4.72 Å². The average Bonchev–Trinajstić information content (AvgIpc) is 2.21. The van der Waals surface area contributed by atoms with Gasteiger partial charge in [0.2, 0.25) is 10.0 Å². The van der Waals surface area contributed by atoms with Crippen molar-refractivity contribution in [1.29, 1.82) is 0 Å². The standard InChI is InChI=1S/C7H8BrNO2S.CH5N/c1-9-12(10,11)7-4-2-3-6(8)5-7;1-2/h2-5,9H,1H3;2H2,1H3. The van der Waals surface area contributed by atoms with E-state index in [2.05, 4.69) is 26.4 Å². The second-order valence-corrected chi connectivity index (χ2v) is 4.97. The zero-order chi connectivity index (χ0) is 11.2. The molecule has 1 aromatic carbocycles. The van der Waals surface area contributed by atoms with Crippen LogP contribution in [0.3, 0.4) is 0 Å². The Labute approximate surface area is 92.7 Å². The summed E-state index contributed by atoms with van der Waals surface area (Å²) >= 11 is 3.19. The van der Waals surface area contributed by atoms with Crippen LogP contribution in [0.25, 0.3) is 0 Å². The third-order valence-corrected chi connectivity index (χ3v) is 3.28. The number of rotatable bonds is 2. The lowest BCUT2D eigenvalue weighted by molar-refractivity contribution is 0.588. The molecule has 0 atom stereocenters. The molecule has 0 aliphatic carbocycles. The highest BCUT2D eigenvalue weighted by atomic mass is 79.9. The van der Waals surface area contributed by atoms with Gasteiger partial charge in [-0.3, -0.25) is 0 Å². The van der Waals surface area contributed by atoms with E-state index >= 15 is 0 Å². The summed E-state index contributed by atoms with van der Waals surface area (Å²) in [6.45, 7) is 0. The average molecular weight is 281 g/mol. The van der Waals surface area contributed by atoms with E-state index in [-0.39, 0.29) is 4.90 Å². The molecule has 0 fully saturated rings. The summed E-state index contributed by atoms with van der Waals surface area (Å²) in [5, 5.41) is 0. The lowest BCUT2D eigenvalue weighted by Gasteiger charge is -2.01. The number of hydrogen-bond donors (Lipinski definition) is 2. The van der Waals surface area contributed by atoms with Crippen LogP contribution in [0.15, 0.2) is 33.6 Å². The first-order valence-electron chi connectivity index (χ1n) is 3.83. The van der Waals surface area contributed by atoms with Crippen LogP contribution in [0.1, 0.15) is 0 Å². The van der Waals surface area contributed by atoms with Crippen molar-refractivity contribution in [3.05, 3.63) is 28.7 Å². The van der Waals surface area contributed by atoms with E-state index in [9.17, 15) is 8.42 Å². The minimum Gasteiger partial charge on any atom is -0.333 e. The molecule has 80 valence electrons. The summed E-state index contributed by atoms with van der Waals surface area (Å²) in [6, 6.07) is 6.53. The summed E-state index contributed by atoms with van der Waals surface area (Å²) in [5.74, 6) is 0. The predicted octanol–water partition coefficient (Wildman–Crippen LogP) is 0.932.